The molecule has 1 aromatic heterocycles. The molecule has 2 atom stereocenters. The lowest BCUT2D eigenvalue weighted by molar-refractivity contribution is -0.133. The molecule has 1 aliphatic heterocycles. The maximum Gasteiger partial charge on any atom is 0.241 e. The number of nitriles is 1. The Bertz CT molecular complexity index is 1220. The summed E-state index contributed by atoms with van der Waals surface area (Å²) < 4.78 is 6.05. The number of carbonyl (C=O) groups is 1. The topological polar surface area (TPSA) is 90.3 Å². The van der Waals surface area contributed by atoms with Crippen molar-refractivity contribution < 1.29 is 9.53 Å². The molecule has 0 spiro atoms. The molecule has 3 aromatic rings. The van der Waals surface area contributed by atoms with Crippen LogP contribution < -0.4 is 15.4 Å². The maximum absolute atomic E-state index is 13.5. The van der Waals surface area contributed by atoms with Gasteiger partial charge in [0.05, 0.1) is 12.1 Å². The highest BCUT2D eigenvalue weighted by Crippen LogP contribution is 2.26. The van der Waals surface area contributed by atoms with E-state index in [2.05, 4.69) is 21.7 Å². The van der Waals surface area contributed by atoms with Gasteiger partial charge in [-0.3, -0.25) is 4.79 Å². The van der Waals surface area contributed by atoms with Gasteiger partial charge in [0.2, 0.25) is 5.91 Å². The van der Waals surface area contributed by atoms with E-state index in [0.29, 0.717) is 19.0 Å². The van der Waals surface area contributed by atoms with E-state index in [1.807, 2.05) is 66.7 Å². The zero-order valence-corrected chi connectivity index (χ0v) is 21.7. The Morgan fingerprint density at radius 2 is 1.71 bits per heavy atom. The van der Waals surface area contributed by atoms with Gasteiger partial charge in [-0.2, -0.15) is 5.26 Å². The first-order valence-corrected chi connectivity index (χ1v) is 13.7. The molecule has 1 saturated heterocycles. The standard InChI is InChI=1S/C31H35N5O2/c32-22-26-9-6-20-36(26)31(37)29(34-24-7-2-1-3-8-24)21-23-11-15-27(16-12-23)38-28-17-13-25(14-18-28)35-30-10-4-5-19-33-30/h4-5,10-19,24,26,29,34H,1-3,6-9,20-21H2,(H,33,35)/t26-,29?/m0/s1. The Balaban J connectivity index is 1.22. The van der Waals surface area contributed by atoms with Gasteiger partial charge in [0.15, 0.2) is 0 Å². The zero-order chi connectivity index (χ0) is 26.2. The maximum atomic E-state index is 13.5. The number of likely N-dealkylation sites (tertiary alicyclic amines) is 1. The second-order valence-electron chi connectivity index (χ2n) is 10.2. The number of rotatable bonds is 9. The molecular weight excluding hydrogens is 474 g/mol. The summed E-state index contributed by atoms with van der Waals surface area (Å²) in [6, 6.07) is 23.5. The molecule has 1 aliphatic carbocycles. The number of nitrogens with zero attached hydrogens (tertiary/aromatic N) is 3. The van der Waals surface area contributed by atoms with E-state index >= 15 is 0 Å². The number of pyridine rings is 1. The van der Waals surface area contributed by atoms with Crippen molar-refractivity contribution in [3.8, 4) is 17.6 Å². The van der Waals surface area contributed by atoms with E-state index in [4.69, 9.17) is 4.74 Å². The Labute approximate surface area is 224 Å². The van der Waals surface area contributed by atoms with Crippen LogP contribution in [-0.4, -0.2) is 40.5 Å². The van der Waals surface area contributed by atoms with E-state index < -0.39 is 0 Å². The van der Waals surface area contributed by atoms with Crippen LogP contribution in [0.1, 0.15) is 50.5 Å². The van der Waals surface area contributed by atoms with Crippen LogP contribution in [0.25, 0.3) is 0 Å². The zero-order valence-electron chi connectivity index (χ0n) is 21.7. The minimum atomic E-state index is -0.321. The lowest BCUT2D eigenvalue weighted by atomic mass is 9.93. The Morgan fingerprint density at radius 3 is 2.39 bits per heavy atom. The largest absolute Gasteiger partial charge is 0.457 e. The highest BCUT2D eigenvalue weighted by Gasteiger charge is 2.34. The third-order valence-corrected chi connectivity index (χ3v) is 7.42. The number of carbonyl (C=O) groups excluding carboxylic acids is 1. The molecule has 2 aromatic carbocycles. The van der Waals surface area contributed by atoms with Crippen LogP contribution in [0.15, 0.2) is 72.9 Å². The van der Waals surface area contributed by atoms with E-state index in [0.717, 1.165) is 54.3 Å². The van der Waals surface area contributed by atoms with Crippen LogP contribution in [0.5, 0.6) is 11.5 Å². The van der Waals surface area contributed by atoms with Gasteiger partial charge in [-0.15, -0.1) is 0 Å². The normalized spacial score (nSPS) is 18.5. The van der Waals surface area contributed by atoms with Crippen LogP contribution in [0.3, 0.4) is 0 Å². The number of aromatic nitrogens is 1. The summed E-state index contributed by atoms with van der Waals surface area (Å²) in [6.45, 7) is 0.669. The third-order valence-electron chi connectivity index (χ3n) is 7.42. The average Bonchev–Trinajstić information content (AvgIpc) is 3.45. The van der Waals surface area contributed by atoms with E-state index in [-0.39, 0.29) is 18.0 Å². The van der Waals surface area contributed by atoms with Crippen molar-refractivity contribution in [2.45, 2.75) is 69.5 Å². The van der Waals surface area contributed by atoms with Crippen molar-refractivity contribution in [2.24, 2.45) is 0 Å². The van der Waals surface area contributed by atoms with Gasteiger partial charge in [-0.1, -0.05) is 37.5 Å². The molecule has 196 valence electrons. The van der Waals surface area contributed by atoms with Gasteiger partial charge in [0.25, 0.3) is 0 Å². The number of hydrogen-bond donors (Lipinski definition) is 2. The average molecular weight is 510 g/mol. The number of hydrogen-bond acceptors (Lipinski definition) is 6. The van der Waals surface area contributed by atoms with Crippen LogP contribution in [0, 0.1) is 11.3 Å². The lowest BCUT2D eigenvalue weighted by Gasteiger charge is -2.31. The Morgan fingerprint density at radius 1 is 0.974 bits per heavy atom. The number of anilines is 2. The second-order valence-corrected chi connectivity index (χ2v) is 10.2. The highest BCUT2D eigenvalue weighted by molar-refractivity contribution is 5.83. The Kier molecular flexibility index (Phi) is 8.52. The van der Waals surface area contributed by atoms with Crippen LogP contribution in [0.2, 0.25) is 0 Å². The summed E-state index contributed by atoms with van der Waals surface area (Å²) in [5.74, 6) is 2.33. The van der Waals surface area contributed by atoms with Crippen molar-refractivity contribution in [1.29, 1.82) is 5.26 Å². The molecule has 7 heteroatoms. The van der Waals surface area contributed by atoms with Crippen molar-refractivity contribution in [1.82, 2.24) is 15.2 Å². The molecular formula is C31H35N5O2. The molecule has 2 N–H and O–H groups in total. The molecule has 2 fully saturated rings. The number of nitrogens with one attached hydrogen (secondary N) is 2. The van der Waals surface area contributed by atoms with Gasteiger partial charge in [-0.25, -0.2) is 4.98 Å². The van der Waals surface area contributed by atoms with E-state index in [9.17, 15) is 10.1 Å². The molecule has 38 heavy (non-hydrogen) atoms. The van der Waals surface area contributed by atoms with Gasteiger partial charge < -0.3 is 20.3 Å². The van der Waals surface area contributed by atoms with Gasteiger partial charge in [0.1, 0.15) is 23.4 Å². The fourth-order valence-corrected chi connectivity index (χ4v) is 5.39. The summed E-state index contributed by atoms with van der Waals surface area (Å²) in [7, 11) is 0. The number of benzene rings is 2. The van der Waals surface area contributed by atoms with Gasteiger partial charge in [-0.05, 0) is 86.2 Å². The summed E-state index contributed by atoms with van der Waals surface area (Å²) in [4.78, 5) is 19.6. The fourth-order valence-electron chi connectivity index (χ4n) is 5.39. The molecule has 7 nitrogen and oxygen atoms in total. The first kappa shape index (κ1) is 25.7. The number of ether oxygens (including phenoxy) is 1. The summed E-state index contributed by atoms with van der Waals surface area (Å²) in [5.41, 5.74) is 2.01. The smallest absolute Gasteiger partial charge is 0.241 e. The van der Waals surface area contributed by atoms with Crippen LogP contribution in [0.4, 0.5) is 11.5 Å². The van der Waals surface area contributed by atoms with E-state index in [1.165, 1.54) is 19.3 Å². The monoisotopic (exact) mass is 509 g/mol. The van der Waals surface area contributed by atoms with Crippen molar-refractivity contribution in [3.63, 3.8) is 0 Å². The summed E-state index contributed by atoms with van der Waals surface area (Å²) >= 11 is 0. The van der Waals surface area contributed by atoms with E-state index in [1.54, 1.807) is 11.1 Å². The molecule has 2 heterocycles. The number of amides is 1. The molecule has 0 bridgehead atoms. The predicted octanol–water partition coefficient (Wildman–Crippen LogP) is 5.97. The highest BCUT2D eigenvalue weighted by atomic mass is 16.5. The summed E-state index contributed by atoms with van der Waals surface area (Å²) in [5, 5.41) is 16.5. The fraction of sp³-hybridized carbons (Fsp3) is 0.387. The Hall–Kier alpha value is -3.89. The van der Waals surface area contributed by atoms with Gasteiger partial charge >= 0.3 is 0 Å². The SMILES string of the molecule is N#C[C@@H]1CCCN1C(=O)C(Cc1ccc(Oc2ccc(Nc3ccccn3)cc2)cc1)NC1CCCCC1. The van der Waals surface area contributed by atoms with Crippen molar-refractivity contribution >= 4 is 17.4 Å². The minimum absolute atomic E-state index is 0.0550. The molecule has 1 unspecified atom stereocenters. The molecule has 1 saturated carbocycles. The second kappa shape index (κ2) is 12.6. The summed E-state index contributed by atoms with van der Waals surface area (Å²) in [6.07, 6.45) is 9.90. The third kappa shape index (κ3) is 6.70. The molecule has 1 amide bonds. The molecule has 0 radical (unpaired) electrons. The van der Waals surface area contributed by atoms with Crippen molar-refractivity contribution in [2.75, 3.05) is 11.9 Å². The minimum Gasteiger partial charge on any atom is -0.457 e. The predicted molar refractivity (Wildman–Crippen MR) is 148 cm³/mol. The quantitative estimate of drug-likeness (QED) is 0.370. The van der Waals surface area contributed by atoms with Crippen molar-refractivity contribution in [3.05, 3.63) is 78.5 Å². The van der Waals surface area contributed by atoms with Crippen LogP contribution >= 0.6 is 0 Å². The first-order valence-electron chi connectivity index (χ1n) is 13.7. The van der Waals surface area contributed by atoms with Gasteiger partial charge in [0, 0.05) is 24.5 Å². The molecule has 2 aliphatic rings. The molecule has 5 rings (SSSR count). The lowest BCUT2D eigenvalue weighted by Crippen LogP contribution is -2.52. The van der Waals surface area contributed by atoms with Crippen LogP contribution in [-0.2, 0) is 11.2 Å². The first-order chi connectivity index (χ1) is 18.7.